The summed E-state index contributed by atoms with van der Waals surface area (Å²) in [7, 11) is 0. The van der Waals surface area contributed by atoms with Crippen LogP contribution in [0.4, 0.5) is 11.4 Å². The molecule has 2 N–H and O–H groups in total. The number of anilines is 2. The number of pyridine rings is 1. The fourth-order valence-corrected chi connectivity index (χ4v) is 3.50. The van der Waals surface area contributed by atoms with Crippen LogP contribution >= 0.6 is 0 Å². The van der Waals surface area contributed by atoms with Crippen molar-refractivity contribution < 1.29 is 9.59 Å². The van der Waals surface area contributed by atoms with Gasteiger partial charge in [0.1, 0.15) is 0 Å². The molecule has 0 unspecified atom stereocenters. The quantitative estimate of drug-likeness (QED) is 0.755. The number of para-hydroxylation sites is 1. The maximum absolute atomic E-state index is 13.0. The number of aryl methyl sites for hydroxylation is 1. The minimum Gasteiger partial charge on any atom is -0.326 e. The van der Waals surface area contributed by atoms with Crippen molar-refractivity contribution in [3.8, 4) is 0 Å². The smallest absolute Gasteiger partial charge is 0.256 e. The van der Waals surface area contributed by atoms with E-state index in [-0.39, 0.29) is 11.8 Å². The lowest BCUT2D eigenvalue weighted by Crippen LogP contribution is -2.16. The first-order chi connectivity index (χ1) is 12.6. The number of nitrogens with one attached hydrogen (secondary N) is 2. The number of rotatable bonds is 3. The second-order valence-corrected chi connectivity index (χ2v) is 6.50. The Morgan fingerprint density at radius 2 is 1.62 bits per heavy atom. The normalized spacial score (nSPS) is 12.7. The number of carbonyl (C=O) groups is 2. The number of nitrogens with zero attached hydrogens (tertiary/aromatic N) is 1. The Hall–Kier alpha value is -3.21. The Morgan fingerprint density at radius 3 is 2.35 bits per heavy atom. The van der Waals surface area contributed by atoms with Crippen LogP contribution in [0.5, 0.6) is 0 Å². The Kier molecular flexibility index (Phi) is 4.13. The maximum Gasteiger partial charge on any atom is 0.256 e. The number of aromatic nitrogens is 1. The van der Waals surface area contributed by atoms with Gasteiger partial charge in [0.15, 0.2) is 0 Å². The molecule has 26 heavy (non-hydrogen) atoms. The highest BCUT2D eigenvalue weighted by Gasteiger charge is 2.23. The molecule has 0 aliphatic heterocycles. The molecule has 0 bridgehead atoms. The molecule has 1 heterocycles. The number of amides is 2. The van der Waals surface area contributed by atoms with Gasteiger partial charge < -0.3 is 10.6 Å². The minimum atomic E-state index is -0.124. The summed E-state index contributed by atoms with van der Waals surface area (Å²) in [6.45, 7) is 1.46. The predicted molar refractivity (Wildman–Crippen MR) is 102 cm³/mol. The molecule has 0 saturated heterocycles. The molecule has 5 heteroatoms. The largest absolute Gasteiger partial charge is 0.326 e. The molecule has 0 fully saturated rings. The Bertz CT molecular complexity index is 1010. The van der Waals surface area contributed by atoms with Crippen molar-refractivity contribution in [3.63, 3.8) is 0 Å². The Morgan fingerprint density at radius 1 is 0.923 bits per heavy atom. The third-order valence-electron chi connectivity index (χ3n) is 4.61. The third kappa shape index (κ3) is 3.04. The number of hydrogen-bond donors (Lipinski definition) is 2. The summed E-state index contributed by atoms with van der Waals surface area (Å²) in [5.74, 6) is -0.241. The van der Waals surface area contributed by atoms with Gasteiger partial charge in [-0.05, 0) is 55.2 Å². The van der Waals surface area contributed by atoms with Crippen LogP contribution in [-0.2, 0) is 17.6 Å². The molecule has 1 aliphatic rings. The van der Waals surface area contributed by atoms with Crippen LogP contribution in [0, 0.1) is 0 Å². The molecule has 3 aromatic rings. The molecule has 2 amide bonds. The molecule has 4 rings (SSSR count). The standard InChI is InChI=1S/C21H19N3O2/c1-13(25)22-14-9-11-15(12-10-14)23-21(26)20-16-5-2-3-7-18(16)24-19-8-4-6-17(19)20/h2-3,5,7,9-12H,4,6,8H2,1H3,(H,22,25)(H,23,26). The van der Waals surface area contributed by atoms with Crippen LogP contribution in [0.3, 0.4) is 0 Å². The van der Waals surface area contributed by atoms with E-state index in [9.17, 15) is 9.59 Å². The molecule has 1 aliphatic carbocycles. The lowest BCUT2D eigenvalue weighted by molar-refractivity contribution is -0.114. The van der Waals surface area contributed by atoms with Gasteiger partial charge in [-0.1, -0.05) is 18.2 Å². The lowest BCUT2D eigenvalue weighted by atomic mass is 10.0. The first-order valence-electron chi connectivity index (χ1n) is 8.71. The molecule has 5 nitrogen and oxygen atoms in total. The van der Waals surface area contributed by atoms with E-state index in [2.05, 4.69) is 10.6 Å². The van der Waals surface area contributed by atoms with Gasteiger partial charge in [0.2, 0.25) is 5.91 Å². The zero-order chi connectivity index (χ0) is 18.1. The van der Waals surface area contributed by atoms with E-state index in [1.807, 2.05) is 24.3 Å². The average molecular weight is 345 g/mol. The van der Waals surface area contributed by atoms with E-state index in [1.54, 1.807) is 24.3 Å². The van der Waals surface area contributed by atoms with Crippen LogP contribution in [-0.4, -0.2) is 16.8 Å². The van der Waals surface area contributed by atoms with Gasteiger partial charge in [0.25, 0.3) is 5.91 Å². The fraction of sp³-hybridized carbons (Fsp3) is 0.190. The van der Waals surface area contributed by atoms with Crippen molar-refractivity contribution in [1.29, 1.82) is 0 Å². The third-order valence-corrected chi connectivity index (χ3v) is 4.61. The number of benzene rings is 2. The Balaban J connectivity index is 1.67. The molecular weight excluding hydrogens is 326 g/mol. The first kappa shape index (κ1) is 16.3. The molecule has 0 atom stereocenters. The number of fused-ring (bicyclic) bond motifs is 2. The van der Waals surface area contributed by atoms with Gasteiger partial charge in [0, 0.05) is 29.4 Å². The topological polar surface area (TPSA) is 71.1 Å². The zero-order valence-corrected chi connectivity index (χ0v) is 14.5. The zero-order valence-electron chi connectivity index (χ0n) is 14.5. The van der Waals surface area contributed by atoms with E-state index in [4.69, 9.17) is 4.98 Å². The van der Waals surface area contributed by atoms with E-state index in [0.29, 0.717) is 11.4 Å². The molecule has 1 aromatic heterocycles. The molecule has 0 spiro atoms. The van der Waals surface area contributed by atoms with Gasteiger partial charge in [0.05, 0.1) is 11.1 Å². The summed E-state index contributed by atoms with van der Waals surface area (Å²) in [5, 5.41) is 6.59. The number of carbonyl (C=O) groups excluding carboxylic acids is 2. The van der Waals surface area contributed by atoms with Crippen LogP contribution in [0.15, 0.2) is 48.5 Å². The highest BCUT2D eigenvalue weighted by atomic mass is 16.2. The van der Waals surface area contributed by atoms with Gasteiger partial charge >= 0.3 is 0 Å². The van der Waals surface area contributed by atoms with Crippen LogP contribution in [0.25, 0.3) is 10.9 Å². The second-order valence-electron chi connectivity index (χ2n) is 6.50. The summed E-state index contributed by atoms with van der Waals surface area (Å²) in [5.41, 5.74) is 5.08. The summed E-state index contributed by atoms with van der Waals surface area (Å²) in [6, 6.07) is 14.9. The summed E-state index contributed by atoms with van der Waals surface area (Å²) < 4.78 is 0. The minimum absolute atomic E-state index is 0.117. The highest BCUT2D eigenvalue weighted by Crippen LogP contribution is 2.30. The second kappa shape index (κ2) is 6.59. The van der Waals surface area contributed by atoms with Crippen LogP contribution in [0.1, 0.15) is 35.0 Å². The van der Waals surface area contributed by atoms with Crippen molar-refractivity contribution in [1.82, 2.24) is 4.98 Å². The van der Waals surface area contributed by atoms with Crippen LogP contribution < -0.4 is 10.6 Å². The number of hydrogen-bond acceptors (Lipinski definition) is 3. The van der Waals surface area contributed by atoms with E-state index >= 15 is 0 Å². The van der Waals surface area contributed by atoms with Gasteiger partial charge in [-0.2, -0.15) is 0 Å². The van der Waals surface area contributed by atoms with Gasteiger partial charge in [-0.25, -0.2) is 0 Å². The van der Waals surface area contributed by atoms with Crippen molar-refractivity contribution in [3.05, 3.63) is 65.4 Å². The highest BCUT2D eigenvalue weighted by molar-refractivity contribution is 6.13. The predicted octanol–water partition coefficient (Wildman–Crippen LogP) is 3.93. The van der Waals surface area contributed by atoms with Gasteiger partial charge in [-0.15, -0.1) is 0 Å². The molecule has 2 aromatic carbocycles. The van der Waals surface area contributed by atoms with Crippen molar-refractivity contribution in [2.24, 2.45) is 0 Å². The van der Waals surface area contributed by atoms with Crippen molar-refractivity contribution in [2.75, 3.05) is 10.6 Å². The summed E-state index contributed by atoms with van der Waals surface area (Å²) in [4.78, 5) is 28.9. The molecule has 0 radical (unpaired) electrons. The average Bonchev–Trinajstić information content (AvgIpc) is 3.08. The van der Waals surface area contributed by atoms with Gasteiger partial charge in [-0.3, -0.25) is 14.6 Å². The van der Waals surface area contributed by atoms with E-state index < -0.39 is 0 Å². The Labute approximate surface area is 151 Å². The lowest BCUT2D eigenvalue weighted by Gasteiger charge is -2.13. The van der Waals surface area contributed by atoms with Crippen molar-refractivity contribution >= 4 is 34.1 Å². The van der Waals surface area contributed by atoms with Crippen molar-refractivity contribution in [2.45, 2.75) is 26.2 Å². The first-order valence-corrected chi connectivity index (χ1v) is 8.71. The SMILES string of the molecule is CC(=O)Nc1ccc(NC(=O)c2c3c(nc4ccccc24)CCC3)cc1. The molecule has 130 valence electrons. The summed E-state index contributed by atoms with van der Waals surface area (Å²) in [6.07, 6.45) is 2.84. The fourth-order valence-electron chi connectivity index (χ4n) is 3.50. The summed E-state index contributed by atoms with van der Waals surface area (Å²) >= 11 is 0. The molecule has 0 saturated carbocycles. The van der Waals surface area contributed by atoms with Crippen LogP contribution in [0.2, 0.25) is 0 Å². The monoisotopic (exact) mass is 345 g/mol. The molecular formula is C21H19N3O2. The van der Waals surface area contributed by atoms with E-state index in [1.165, 1.54) is 6.92 Å². The van der Waals surface area contributed by atoms with E-state index in [0.717, 1.165) is 47.0 Å². The maximum atomic E-state index is 13.0.